The van der Waals surface area contributed by atoms with E-state index in [1.165, 1.54) is 0 Å². The van der Waals surface area contributed by atoms with Crippen LogP contribution >= 0.6 is 0 Å². The van der Waals surface area contributed by atoms with Crippen molar-refractivity contribution >= 4 is 5.69 Å². The topological polar surface area (TPSA) is 68.1 Å². The predicted octanol–water partition coefficient (Wildman–Crippen LogP) is 2.86. The number of pyridine rings is 1. The summed E-state index contributed by atoms with van der Waals surface area (Å²) in [4.78, 5) is 14.7. The van der Waals surface area contributed by atoms with Gasteiger partial charge in [0.05, 0.1) is 4.92 Å². The second kappa shape index (κ2) is 6.10. The molecule has 0 bridgehead atoms. The Morgan fingerprint density at radius 2 is 2.05 bits per heavy atom. The van der Waals surface area contributed by atoms with Gasteiger partial charge >= 0.3 is 0 Å². The van der Waals surface area contributed by atoms with E-state index >= 15 is 0 Å². The average Bonchev–Trinajstić information content (AvgIpc) is 2.26. The molecule has 19 heavy (non-hydrogen) atoms. The van der Waals surface area contributed by atoms with E-state index in [1.807, 2.05) is 0 Å². The molecule has 1 heterocycles. The molecule has 0 amide bonds. The Morgan fingerprint density at radius 1 is 1.42 bits per heavy atom. The van der Waals surface area contributed by atoms with E-state index in [-0.39, 0.29) is 11.1 Å². The lowest BCUT2D eigenvalue weighted by Crippen LogP contribution is -2.42. The van der Waals surface area contributed by atoms with E-state index in [1.54, 1.807) is 19.1 Å². The van der Waals surface area contributed by atoms with Crippen LogP contribution in [0.1, 0.15) is 39.1 Å². The molecule has 5 nitrogen and oxygen atoms in total. The van der Waals surface area contributed by atoms with E-state index in [9.17, 15) is 10.1 Å². The maximum absolute atomic E-state index is 10.8. The molecule has 0 aliphatic rings. The first kappa shape index (κ1) is 15.6. The van der Waals surface area contributed by atoms with E-state index < -0.39 is 4.92 Å². The Kier molecular flexibility index (Phi) is 5.00. The van der Waals surface area contributed by atoms with Crippen LogP contribution in [0.2, 0.25) is 0 Å². The summed E-state index contributed by atoms with van der Waals surface area (Å²) < 4.78 is 0. The van der Waals surface area contributed by atoms with E-state index in [0.29, 0.717) is 11.7 Å². The Balaban J connectivity index is 2.92. The highest BCUT2D eigenvalue weighted by molar-refractivity contribution is 5.35. The fourth-order valence-electron chi connectivity index (χ4n) is 2.05. The molecule has 0 fully saturated rings. The normalized spacial score (nSPS) is 13.3. The molecule has 106 valence electrons. The summed E-state index contributed by atoms with van der Waals surface area (Å²) in [6, 6.07) is 3.59. The zero-order chi connectivity index (χ0) is 14.6. The minimum atomic E-state index is -0.391. The molecule has 0 aromatic carbocycles. The first-order valence-electron chi connectivity index (χ1n) is 6.60. The van der Waals surface area contributed by atoms with Gasteiger partial charge in [0.2, 0.25) is 0 Å². The van der Waals surface area contributed by atoms with Gasteiger partial charge in [0, 0.05) is 24.2 Å². The highest BCUT2D eigenvalue weighted by atomic mass is 16.6. The monoisotopic (exact) mass is 265 g/mol. The zero-order valence-electron chi connectivity index (χ0n) is 12.4. The lowest BCUT2D eigenvalue weighted by Gasteiger charge is -2.31. The molecule has 1 aromatic rings. The third-order valence-electron chi connectivity index (χ3n) is 3.22. The van der Waals surface area contributed by atoms with Crippen LogP contribution in [0.25, 0.3) is 0 Å². The number of nitrogens with zero attached hydrogens (tertiary/aromatic N) is 2. The van der Waals surface area contributed by atoms with Crippen molar-refractivity contribution in [1.29, 1.82) is 0 Å². The molecule has 1 rings (SSSR count). The van der Waals surface area contributed by atoms with Crippen molar-refractivity contribution in [1.82, 2.24) is 10.3 Å². The number of hydrogen-bond donors (Lipinski definition) is 1. The third kappa shape index (κ3) is 4.28. The number of aryl methyl sites for hydroxylation is 1. The number of nitro groups is 1. The standard InChI is InChI=1S/C14H23N3O2/c1-6-15-13(14(3,4)5)9-11-7-8-12(17(18)19)10(2)16-11/h7-8,13,15H,6,9H2,1-5H3. The van der Waals surface area contributed by atoms with Crippen molar-refractivity contribution in [3.63, 3.8) is 0 Å². The lowest BCUT2D eigenvalue weighted by molar-refractivity contribution is -0.385. The first-order chi connectivity index (χ1) is 8.75. The second-order valence-electron chi connectivity index (χ2n) is 5.84. The van der Waals surface area contributed by atoms with E-state index in [4.69, 9.17) is 0 Å². The summed E-state index contributed by atoms with van der Waals surface area (Å²) in [7, 11) is 0. The van der Waals surface area contributed by atoms with Crippen LogP contribution in [-0.2, 0) is 6.42 Å². The number of rotatable bonds is 5. The smallest absolute Gasteiger partial charge is 0.290 e. The van der Waals surface area contributed by atoms with Crippen LogP contribution in [0, 0.1) is 22.5 Å². The van der Waals surface area contributed by atoms with E-state index in [2.05, 4.69) is 38.0 Å². The quantitative estimate of drug-likeness (QED) is 0.656. The third-order valence-corrected chi connectivity index (χ3v) is 3.22. The molecule has 1 atom stereocenters. The van der Waals surface area contributed by atoms with Crippen molar-refractivity contribution in [2.45, 2.75) is 47.1 Å². The Hall–Kier alpha value is -1.49. The minimum absolute atomic E-state index is 0.0829. The van der Waals surface area contributed by atoms with Crippen molar-refractivity contribution in [2.75, 3.05) is 6.54 Å². The number of aromatic nitrogens is 1. The van der Waals surface area contributed by atoms with Gasteiger partial charge in [0.15, 0.2) is 0 Å². The minimum Gasteiger partial charge on any atom is -0.313 e. The molecule has 0 saturated heterocycles. The molecular weight excluding hydrogens is 242 g/mol. The molecular formula is C14H23N3O2. The average molecular weight is 265 g/mol. The SMILES string of the molecule is CCNC(Cc1ccc([N+](=O)[O-])c(C)n1)C(C)(C)C. The zero-order valence-corrected chi connectivity index (χ0v) is 12.4. The van der Waals surface area contributed by atoms with Gasteiger partial charge in [-0.15, -0.1) is 0 Å². The lowest BCUT2D eigenvalue weighted by atomic mass is 9.84. The Bertz CT molecular complexity index is 452. The molecule has 0 aliphatic carbocycles. The van der Waals surface area contributed by atoms with Crippen LogP contribution < -0.4 is 5.32 Å². The number of likely N-dealkylation sites (N-methyl/N-ethyl adjacent to an activating group) is 1. The highest BCUT2D eigenvalue weighted by Crippen LogP contribution is 2.23. The summed E-state index contributed by atoms with van der Waals surface area (Å²) in [5, 5.41) is 14.2. The summed E-state index contributed by atoms with van der Waals surface area (Å²) in [6.07, 6.45) is 0.774. The molecule has 0 radical (unpaired) electrons. The Morgan fingerprint density at radius 3 is 2.47 bits per heavy atom. The van der Waals surface area contributed by atoms with Gasteiger partial charge in [-0.2, -0.15) is 0 Å². The van der Waals surface area contributed by atoms with Crippen LogP contribution in [-0.4, -0.2) is 22.5 Å². The fraction of sp³-hybridized carbons (Fsp3) is 0.643. The van der Waals surface area contributed by atoms with Crippen molar-refractivity contribution < 1.29 is 4.92 Å². The van der Waals surface area contributed by atoms with Crippen molar-refractivity contribution in [3.8, 4) is 0 Å². The van der Waals surface area contributed by atoms with Crippen molar-refractivity contribution in [3.05, 3.63) is 33.6 Å². The molecule has 5 heteroatoms. The highest BCUT2D eigenvalue weighted by Gasteiger charge is 2.24. The first-order valence-corrected chi connectivity index (χ1v) is 6.60. The molecule has 1 aromatic heterocycles. The summed E-state index contributed by atoms with van der Waals surface area (Å²) >= 11 is 0. The van der Waals surface area contributed by atoms with Crippen LogP contribution in [0.4, 0.5) is 5.69 Å². The van der Waals surface area contributed by atoms with Crippen LogP contribution in [0.5, 0.6) is 0 Å². The molecule has 1 unspecified atom stereocenters. The number of nitrogens with one attached hydrogen (secondary N) is 1. The van der Waals surface area contributed by atoms with E-state index in [0.717, 1.165) is 18.7 Å². The van der Waals surface area contributed by atoms with Gasteiger partial charge in [-0.25, -0.2) is 0 Å². The molecule has 0 spiro atoms. The summed E-state index contributed by atoms with van der Waals surface area (Å²) in [5.74, 6) is 0. The van der Waals surface area contributed by atoms with Gasteiger partial charge in [0.25, 0.3) is 5.69 Å². The maximum atomic E-state index is 10.8. The molecule has 1 N–H and O–H groups in total. The molecule has 0 aliphatic heterocycles. The fourth-order valence-corrected chi connectivity index (χ4v) is 2.05. The molecule has 0 saturated carbocycles. The van der Waals surface area contributed by atoms with Gasteiger partial charge in [-0.05, 0) is 24.9 Å². The maximum Gasteiger partial charge on any atom is 0.290 e. The second-order valence-corrected chi connectivity index (χ2v) is 5.84. The number of hydrogen-bond acceptors (Lipinski definition) is 4. The van der Waals surface area contributed by atoms with Crippen LogP contribution in [0.3, 0.4) is 0 Å². The summed E-state index contributed by atoms with van der Waals surface area (Å²) in [5.41, 5.74) is 1.57. The predicted molar refractivity (Wildman–Crippen MR) is 76.3 cm³/mol. The van der Waals surface area contributed by atoms with Crippen LogP contribution in [0.15, 0.2) is 12.1 Å². The van der Waals surface area contributed by atoms with Crippen molar-refractivity contribution in [2.24, 2.45) is 5.41 Å². The Labute approximate surface area is 114 Å². The van der Waals surface area contributed by atoms with Gasteiger partial charge in [-0.3, -0.25) is 15.1 Å². The van der Waals surface area contributed by atoms with Gasteiger partial charge in [-0.1, -0.05) is 27.7 Å². The largest absolute Gasteiger partial charge is 0.313 e. The van der Waals surface area contributed by atoms with Gasteiger partial charge in [0.1, 0.15) is 5.69 Å². The van der Waals surface area contributed by atoms with Gasteiger partial charge < -0.3 is 5.32 Å². The summed E-state index contributed by atoms with van der Waals surface area (Å²) in [6.45, 7) is 11.2.